The Morgan fingerprint density at radius 1 is 1.21 bits per heavy atom. The van der Waals surface area contributed by atoms with Gasteiger partial charge in [-0.2, -0.15) is 0 Å². The van der Waals surface area contributed by atoms with Crippen molar-refractivity contribution in [2.24, 2.45) is 17.8 Å². The van der Waals surface area contributed by atoms with E-state index in [0.29, 0.717) is 25.0 Å². The van der Waals surface area contributed by atoms with Gasteiger partial charge in [-0.15, -0.1) is 0 Å². The lowest BCUT2D eigenvalue weighted by Crippen LogP contribution is -2.50. The Hall–Kier alpha value is -3.75. The maximum absolute atomic E-state index is 13.5. The molecule has 1 aromatic heterocycles. The molecule has 2 aromatic rings. The van der Waals surface area contributed by atoms with Gasteiger partial charge in [-0.1, -0.05) is 24.3 Å². The first-order valence-electron chi connectivity index (χ1n) is 11.4. The number of rotatable bonds is 4. The highest BCUT2D eigenvalue weighted by Crippen LogP contribution is 2.52. The van der Waals surface area contributed by atoms with E-state index in [2.05, 4.69) is 20.9 Å². The van der Waals surface area contributed by atoms with Crippen LogP contribution < -0.4 is 16.0 Å². The van der Waals surface area contributed by atoms with Crippen LogP contribution in [0.3, 0.4) is 0 Å². The van der Waals surface area contributed by atoms with Gasteiger partial charge in [0.15, 0.2) is 0 Å². The quantitative estimate of drug-likeness (QED) is 0.516. The number of carbonyl (C=O) groups excluding carboxylic acids is 2. The lowest BCUT2D eigenvalue weighted by atomic mass is 9.74. The second kappa shape index (κ2) is 8.55. The summed E-state index contributed by atoms with van der Waals surface area (Å²) in [6, 6.07) is 9.34. The van der Waals surface area contributed by atoms with E-state index in [0.717, 1.165) is 17.5 Å². The molecule has 1 aromatic carbocycles. The monoisotopic (exact) mass is 464 g/mol. The van der Waals surface area contributed by atoms with Crippen LogP contribution in [0.2, 0.25) is 0 Å². The number of hydrogen-bond donors (Lipinski definition) is 4. The highest BCUT2D eigenvalue weighted by atomic mass is 19.1. The molecule has 176 valence electrons. The van der Waals surface area contributed by atoms with Crippen molar-refractivity contribution in [3.63, 3.8) is 0 Å². The Morgan fingerprint density at radius 2 is 2.06 bits per heavy atom. The fourth-order valence-electron chi connectivity index (χ4n) is 5.95. The number of aromatic nitrogens is 1. The molecule has 1 aliphatic heterocycles. The van der Waals surface area contributed by atoms with Crippen LogP contribution in [0, 0.1) is 23.6 Å². The SMILES string of the molecule is O=C(O)NC1CC[C@@H]2[C@@H](C1)CC1(NC(=O)NC1=O)[C@H]2C=Cc1ccc(-c2cccc(F)c2)cn1. The molecule has 1 spiro atoms. The molecule has 0 radical (unpaired) electrons. The van der Waals surface area contributed by atoms with Crippen LogP contribution in [-0.4, -0.2) is 39.7 Å². The summed E-state index contributed by atoms with van der Waals surface area (Å²) in [6.07, 6.45) is 6.96. The number of pyridine rings is 1. The number of urea groups is 1. The van der Waals surface area contributed by atoms with E-state index >= 15 is 0 Å². The van der Waals surface area contributed by atoms with Crippen LogP contribution in [0.15, 0.2) is 48.7 Å². The third-order valence-electron chi connectivity index (χ3n) is 7.37. The van der Waals surface area contributed by atoms with Gasteiger partial charge in [0.05, 0.1) is 5.69 Å². The van der Waals surface area contributed by atoms with E-state index in [1.807, 2.05) is 30.4 Å². The number of fused-ring (bicyclic) bond motifs is 1. The van der Waals surface area contributed by atoms with Gasteiger partial charge < -0.3 is 15.7 Å². The number of nitrogens with zero attached hydrogens (tertiary/aromatic N) is 1. The Bertz CT molecular complexity index is 1170. The molecular formula is C25H25FN4O4. The number of hydrogen-bond acceptors (Lipinski definition) is 4. The summed E-state index contributed by atoms with van der Waals surface area (Å²) >= 11 is 0. The second-order valence-electron chi connectivity index (χ2n) is 9.33. The smallest absolute Gasteiger partial charge is 0.404 e. The summed E-state index contributed by atoms with van der Waals surface area (Å²) in [7, 11) is 0. The van der Waals surface area contributed by atoms with E-state index < -0.39 is 17.7 Å². The van der Waals surface area contributed by atoms with Gasteiger partial charge in [0.2, 0.25) is 0 Å². The number of imide groups is 1. The van der Waals surface area contributed by atoms with E-state index in [4.69, 9.17) is 5.11 Å². The van der Waals surface area contributed by atoms with Gasteiger partial charge >= 0.3 is 12.1 Å². The molecule has 2 aliphatic carbocycles. The first-order valence-corrected chi connectivity index (χ1v) is 11.4. The third kappa shape index (κ3) is 4.02. The molecule has 5 rings (SSSR count). The molecule has 9 heteroatoms. The first-order chi connectivity index (χ1) is 16.3. The minimum absolute atomic E-state index is 0.104. The van der Waals surface area contributed by atoms with Crippen molar-refractivity contribution in [1.29, 1.82) is 0 Å². The standard InChI is InChI=1S/C25H25FN4O4/c26-17-3-1-2-14(10-17)15-4-5-18(27-13-15)7-9-21-20-8-6-19(28-24(33)34)11-16(20)12-25(21)22(31)29-23(32)30-25/h1-5,7,9-10,13,16,19-21,28H,6,8,11-12H2,(H,33,34)(H2,29,30,31,32)/t16-,19?,20+,21-,25?/m0/s1. The normalized spacial score (nSPS) is 30.3. The van der Waals surface area contributed by atoms with Gasteiger partial charge in [0, 0.05) is 23.7 Å². The number of carbonyl (C=O) groups is 3. The lowest BCUT2D eigenvalue weighted by molar-refractivity contribution is -0.124. The summed E-state index contributed by atoms with van der Waals surface area (Å²) in [5.74, 6) is -0.641. The van der Waals surface area contributed by atoms with E-state index in [1.165, 1.54) is 12.1 Å². The molecule has 4 N–H and O–H groups in total. The number of benzene rings is 1. The summed E-state index contributed by atoms with van der Waals surface area (Å²) < 4.78 is 13.5. The largest absolute Gasteiger partial charge is 0.465 e. The van der Waals surface area contributed by atoms with Crippen molar-refractivity contribution in [1.82, 2.24) is 20.9 Å². The van der Waals surface area contributed by atoms with Gasteiger partial charge in [-0.05, 0) is 67.4 Å². The second-order valence-corrected chi connectivity index (χ2v) is 9.33. The van der Waals surface area contributed by atoms with Crippen molar-refractivity contribution in [2.75, 3.05) is 0 Å². The average molecular weight is 464 g/mol. The summed E-state index contributed by atoms with van der Waals surface area (Å²) in [4.78, 5) is 40.5. The molecule has 0 bridgehead atoms. The Balaban J connectivity index is 1.39. The number of carboxylic acid groups (broad SMARTS) is 1. The molecule has 2 heterocycles. The van der Waals surface area contributed by atoms with E-state index in [9.17, 15) is 18.8 Å². The van der Waals surface area contributed by atoms with Crippen LogP contribution in [0.5, 0.6) is 0 Å². The summed E-state index contributed by atoms with van der Waals surface area (Å²) in [5.41, 5.74) is 1.17. The van der Waals surface area contributed by atoms with Gasteiger partial charge in [0.1, 0.15) is 11.4 Å². The predicted octanol–water partition coefficient (Wildman–Crippen LogP) is 3.55. The van der Waals surface area contributed by atoms with Crippen LogP contribution in [0.25, 0.3) is 17.2 Å². The van der Waals surface area contributed by atoms with E-state index in [1.54, 1.807) is 12.3 Å². The van der Waals surface area contributed by atoms with Gasteiger partial charge in [-0.25, -0.2) is 14.0 Å². The zero-order valence-corrected chi connectivity index (χ0v) is 18.3. The van der Waals surface area contributed by atoms with Crippen LogP contribution in [-0.2, 0) is 4.79 Å². The molecule has 3 fully saturated rings. The van der Waals surface area contributed by atoms with Crippen LogP contribution in [0.4, 0.5) is 14.0 Å². The molecule has 4 amide bonds. The fourth-order valence-corrected chi connectivity index (χ4v) is 5.95. The van der Waals surface area contributed by atoms with E-state index in [-0.39, 0.29) is 35.5 Å². The molecule has 3 aliphatic rings. The van der Waals surface area contributed by atoms with Crippen LogP contribution >= 0.6 is 0 Å². The minimum Gasteiger partial charge on any atom is -0.465 e. The zero-order valence-electron chi connectivity index (χ0n) is 18.3. The highest BCUT2D eigenvalue weighted by Gasteiger charge is 2.61. The maximum atomic E-state index is 13.5. The Morgan fingerprint density at radius 3 is 2.74 bits per heavy atom. The third-order valence-corrected chi connectivity index (χ3v) is 7.37. The number of amides is 4. The number of halogens is 1. The van der Waals surface area contributed by atoms with Crippen molar-refractivity contribution >= 4 is 24.1 Å². The lowest BCUT2D eigenvalue weighted by Gasteiger charge is -2.34. The summed E-state index contributed by atoms with van der Waals surface area (Å²) in [5, 5.41) is 16.9. The number of nitrogens with one attached hydrogen (secondary N) is 3. The van der Waals surface area contributed by atoms with Gasteiger partial charge in [0.25, 0.3) is 5.91 Å². The molecule has 1 saturated heterocycles. The van der Waals surface area contributed by atoms with Gasteiger partial charge in [-0.3, -0.25) is 15.1 Å². The Labute approximate surface area is 195 Å². The maximum Gasteiger partial charge on any atom is 0.404 e. The van der Waals surface area contributed by atoms with Crippen LogP contribution in [0.1, 0.15) is 31.4 Å². The topological polar surface area (TPSA) is 120 Å². The molecule has 34 heavy (non-hydrogen) atoms. The van der Waals surface area contributed by atoms with Crippen molar-refractivity contribution in [3.8, 4) is 11.1 Å². The molecule has 8 nitrogen and oxygen atoms in total. The Kier molecular flexibility index (Phi) is 5.55. The zero-order chi connectivity index (χ0) is 23.9. The predicted molar refractivity (Wildman–Crippen MR) is 122 cm³/mol. The van der Waals surface area contributed by atoms with Crippen molar-refractivity contribution in [2.45, 2.75) is 37.3 Å². The fraction of sp³-hybridized carbons (Fsp3) is 0.360. The molecular weight excluding hydrogens is 439 g/mol. The average Bonchev–Trinajstić information content (AvgIpc) is 3.26. The molecule has 2 unspecified atom stereocenters. The molecule has 2 saturated carbocycles. The highest BCUT2D eigenvalue weighted by molar-refractivity contribution is 6.07. The molecule has 5 atom stereocenters. The first kappa shape index (κ1) is 22.1. The van der Waals surface area contributed by atoms with Crippen molar-refractivity contribution < 1.29 is 23.9 Å². The minimum atomic E-state index is -1.05. The summed E-state index contributed by atoms with van der Waals surface area (Å²) in [6.45, 7) is 0. The van der Waals surface area contributed by atoms with Crippen molar-refractivity contribution in [3.05, 3.63) is 60.2 Å².